The maximum Gasteiger partial charge on any atom is 0.245 e. The summed E-state index contributed by atoms with van der Waals surface area (Å²) in [4.78, 5) is 29.3. The Morgan fingerprint density at radius 1 is 1.15 bits per heavy atom. The minimum absolute atomic E-state index is 0.0289. The van der Waals surface area contributed by atoms with E-state index in [1.807, 2.05) is 30.0 Å². The molecule has 0 saturated carbocycles. The van der Waals surface area contributed by atoms with Crippen LogP contribution in [0, 0.1) is 29.6 Å². The van der Waals surface area contributed by atoms with Crippen molar-refractivity contribution in [3.05, 3.63) is 35.2 Å². The molecule has 0 aromatic heterocycles. The molecule has 0 spiro atoms. The van der Waals surface area contributed by atoms with E-state index in [0.29, 0.717) is 18.7 Å². The summed E-state index contributed by atoms with van der Waals surface area (Å²) >= 11 is 0. The number of likely N-dealkylation sites (tertiary alicyclic amines) is 2. The van der Waals surface area contributed by atoms with Crippen molar-refractivity contribution >= 4 is 17.5 Å². The van der Waals surface area contributed by atoms with Crippen molar-refractivity contribution in [2.45, 2.75) is 45.1 Å². The van der Waals surface area contributed by atoms with Gasteiger partial charge in [0, 0.05) is 25.3 Å². The van der Waals surface area contributed by atoms with Crippen LogP contribution < -0.4 is 15.4 Å². The lowest BCUT2D eigenvalue weighted by atomic mass is 10.1. The summed E-state index contributed by atoms with van der Waals surface area (Å²) in [5.41, 5.74) is 1.38. The van der Waals surface area contributed by atoms with Gasteiger partial charge in [0.25, 0.3) is 0 Å². The van der Waals surface area contributed by atoms with E-state index in [1.54, 1.807) is 24.1 Å². The van der Waals surface area contributed by atoms with E-state index in [4.69, 9.17) is 4.74 Å². The SMILES string of the molecule is COc1ccc(NC(N[C@H]2CCCCN(CC(=O)N3CCCC3)C2=O)=C(C#N)C#N)cc1C. The molecule has 2 aliphatic heterocycles. The van der Waals surface area contributed by atoms with E-state index in [-0.39, 0.29) is 29.8 Å². The predicted molar refractivity (Wildman–Crippen MR) is 123 cm³/mol. The lowest BCUT2D eigenvalue weighted by molar-refractivity contribution is -0.140. The molecule has 9 heteroatoms. The molecule has 2 aliphatic rings. The van der Waals surface area contributed by atoms with E-state index in [2.05, 4.69) is 10.6 Å². The number of allylic oxidation sites excluding steroid dienone is 1. The molecular formula is C24H30N6O3. The molecule has 0 bridgehead atoms. The van der Waals surface area contributed by atoms with Crippen LogP contribution in [0.1, 0.15) is 37.7 Å². The average Bonchev–Trinajstić information content (AvgIpc) is 3.30. The molecule has 3 rings (SSSR count). The van der Waals surface area contributed by atoms with Crippen LogP contribution in [-0.2, 0) is 9.59 Å². The van der Waals surface area contributed by atoms with Gasteiger partial charge in [-0.3, -0.25) is 9.59 Å². The topological polar surface area (TPSA) is 121 Å². The van der Waals surface area contributed by atoms with Gasteiger partial charge in [-0.2, -0.15) is 10.5 Å². The number of aryl methyl sites for hydroxylation is 1. The zero-order chi connectivity index (χ0) is 23.8. The Kier molecular flexibility index (Phi) is 8.15. The first-order chi connectivity index (χ1) is 16.0. The number of carbonyl (C=O) groups is 2. The van der Waals surface area contributed by atoms with Gasteiger partial charge in [-0.05, 0) is 62.8 Å². The summed E-state index contributed by atoms with van der Waals surface area (Å²) in [7, 11) is 1.59. The third-order valence-corrected chi connectivity index (χ3v) is 6.02. The number of carbonyl (C=O) groups excluding carboxylic acids is 2. The average molecular weight is 451 g/mol. The van der Waals surface area contributed by atoms with Crippen molar-refractivity contribution in [1.82, 2.24) is 15.1 Å². The fourth-order valence-corrected chi connectivity index (χ4v) is 4.21. The summed E-state index contributed by atoms with van der Waals surface area (Å²) < 4.78 is 5.28. The highest BCUT2D eigenvalue weighted by Gasteiger charge is 2.31. The van der Waals surface area contributed by atoms with Gasteiger partial charge in [0.05, 0.1) is 13.7 Å². The fourth-order valence-electron chi connectivity index (χ4n) is 4.21. The number of nitrogens with zero attached hydrogens (tertiary/aromatic N) is 4. The first kappa shape index (κ1) is 23.9. The van der Waals surface area contributed by atoms with E-state index in [0.717, 1.165) is 50.1 Å². The van der Waals surface area contributed by atoms with Crippen LogP contribution in [0.2, 0.25) is 0 Å². The number of anilines is 1. The number of hydrogen-bond acceptors (Lipinski definition) is 7. The van der Waals surface area contributed by atoms with Gasteiger partial charge in [0.1, 0.15) is 29.8 Å². The van der Waals surface area contributed by atoms with Gasteiger partial charge < -0.3 is 25.2 Å². The predicted octanol–water partition coefficient (Wildman–Crippen LogP) is 2.27. The molecule has 2 heterocycles. The van der Waals surface area contributed by atoms with Crippen LogP contribution in [0.25, 0.3) is 0 Å². The molecule has 1 atom stereocenters. The lowest BCUT2D eigenvalue weighted by Crippen LogP contribution is -2.49. The largest absolute Gasteiger partial charge is 0.496 e. The molecule has 2 amide bonds. The van der Waals surface area contributed by atoms with Crippen LogP contribution in [0.15, 0.2) is 29.6 Å². The van der Waals surface area contributed by atoms with Crippen molar-refractivity contribution in [3.63, 3.8) is 0 Å². The van der Waals surface area contributed by atoms with E-state index in [9.17, 15) is 20.1 Å². The highest BCUT2D eigenvalue weighted by atomic mass is 16.5. The number of rotatable bonds is 7. The Labute approximate surface area is 194 Å². The van der Waals surface area contributed by atoms with Gasteiger partial charge in [-0.25, -0.2) is 0 Å². The molecule has 174 valence electrons. The van der Waals surface area contributed by atoms with Crippen LogP contribution in [-0.4, -0.2) is 60.9 Å². The van der Waals surface area contributed by atoms with Gasteiger partial charge in [0.2, 0.25) is 11.8 Å². The maximum absolute atomic E-state index is 13.3. The molecule has 1 aromatic rings. The minimum atomic E-state index is -0.641. The fraction of sp³-hybridized carbons (Fsp3) is 0.500. The second kappa shape index (κ2) is 11.2. The van der Waals surface area contributed by atoms with Crippen molar-refractivity contribution in [2.75, 3.05) is 38.6 Å². The van der Waals surface area contributed by atoms with Crippen molar-refractivity contribution in [3.8, 4) is 17.9 Å². The number of amides is 2. The first-order valence-electron chi connectivity index (χ1n) is 11.3. The van der Waals surface area contributed by atoms with Crippen molar-refractivity contribution in [2.24, 2.45) is 0 Å². The molecular weight excluding hydrogens is 420 g/mol. The van der Waals surface area contributed by atoms with Gasteiger partial charge in [-0.15, -0.1) is 0 Å². The number of benzene rings is 1. The summed E-state index contributed by atoms with van der Waals surface area (Å²) in [6.45, 7) is 3.96. The molecule has 1 aromatic carbocycles. The molecule has 2 saturated heterocycles. The Hall–Kier alpha value is -3.72. The second-order valence-corrected chi connectivity index (χ2v) is 8.32. The van der Waals surface area contributed by atoms with Gasteiger partial charge >= 0.3 is 0 Å². The van der Waals surface area contributed by atoms with Crippen LogP contribution in [0.4, 0.5) is 5.69 Å². The van der Waals surface area contributed by atoms with Crippen molar-refractivity contribution < 1.29 is 14.3 Å². The summed E-state index contributed by atoms with van der Waals surface area (Å²) in [5, 5.41) is 25.1. The van der Waals surface area contributed by atoms with E-state index in [1.165, 1.54) is 0 Å². The Morgan fingerprint density at radius 2 is 1.85 bits per heavy atom. The third-order valence-electron chi connectivity index (χ3n) is 6.02. The Balaban J connectivity index is 1.78. The maximum atomic E-state index is 13.3. The number of hydrogen-bond donors (Lipinski definition) is 2. The Morgan fingerprint density at radius 3 is 2.48 bits per heavy atom. The zero-order valence-electron chi connectivity index (χ0n) is 19.2. The second-order valence-electron chi connectivity index (χ2n) is 8.32. The molecule has 0 radical (unpaired) electrons. The number of methoxy groups -OCH3 is 1. The quantitative estimate of drug-likeness (QED) is 0.611. The number of nitrogens with one attached hydrogen (secondary N) is 2. The number of nitriles is 2. The van der Waals surface area contributed by atoms with E-state index < -0.39 is 6.04 Å². The highest BCUT2D eigenvalue weighted by Crippen LogP contribution is 2.23. The van der Waals surface area contributed by atoms with Crippen molar-refractivity contribution in [1.29, 1.82) is 10.5 Å². The summed E-state index contributed by atoms with van der Waals surface area (Å²) in [6, 6.07) is 8.54. The third kappa shape index (κ3) is 5.95. The van der Waals surface area contributed by atoms with Gasteiger partial charge in [0.15, 0.2) is 5.57 Å². The smallest absolute Gasteiger partial charge is 0.245 e. The molecule has 9 nitrogen and oxygen atoms in total. The molecule has 2 fully saturated rings. The van der Waals surface area contributed by atoms with Crippen LogP contribution >= 0.6 is 0 Å². The summed E-state index contributed by atoms with van der Waals surface area (Å²) in [5.74, 6) is 0.673. The highest BCUT2D eigenvalue weighted by molar-refractivity contribution is 5.88. The minimum Gasteiger partial charge on any atom is -0.496 e. The normalized spacial score (nSPS) is 18.1. The number of ether oxygens (including phenoxy) is 1. The standard InChI is InChI=1S/C24H30N6O3/c1-17-13-19(8-9-21(17)33-2)27-23(18(14-25)15-26)28-20-7-3-4-12-30(24(20)32)16-22(31)29-10-5-6-11-29/h8-9,13,20,27-28H,3-7,10-12,16H2,1-2H3/t20-/m0/s1. The van der Waals surface area contributed by atoms with Crippen LogP contribution in [0.5, 0.6) is 5.75 Å². The Bertz CT molecular complexity index is 984. The first-order valence-corrected chi connectivity index (χ1v) is 11.3. The van der Waals surface area contributed by atoms with Crippen LogP contribution in [0.3, 0.4) is 0 Å². The monoisotopic (exact) mass is 450 g/mol. The van der Waals surface area contributed by atoms with E-state index >= 15 is 0 Å². The molecule has 33 heavy (non-hydrogen) atoms. The summed E-state index contributed by atoms with van der Waals surface area (Å²) in [6.07, 6.45) is 4.13. The molecule has 0 unspecified atom stereocenters. The molecule has 2 N–H and O–H groups in total. The lowest BCUT2D eigenvalue weighted by Gasteiger charge is -2.27. The molecule has 0 aliphatic carbocycles. The zero-order valence-corrected chi connectivity index (χ0v) is 19.2. The van der Waals surface area contributed by atoms with Gasteiger partial charge in [-0.1, -0.05) is 0 Å².